The summed E-state index contributed by atoms with van der Waals surface area (Å²) in [5.41, 5.74) is 2.25. The van der Waals surface area contributed by atoms with E-state index in [9.17, 15) is 9.90 Å². The zero-order valence-corrected chi connectivity index (χ0v) is 23.5. The molecule has 39 heavy (non-hydrogen) atoms. The molecule has 3 aromatic rings. The van der Waals surface area contributed by atoms with Gasteiger partial charge in [-0.05, 0) is 37.0 Å². The molecule has 1 saturated carbocycles. The molecule has 1 aromatic heterocycles. The molecule has 1 aliphatic heterocycles. The summed E-state index contributed by atoms with van der Waals surface area (Å²) in [7, 11) is 3.28. The van der Waals surface area contributed by atoms with Gasteiger partial charge in [0.05, 0.1) is 31.8 Å². The van der Waals surface area contributed by atoms with E-state index in [0.29, 0.717) is 18.7 Å². The van der Waals surface area contributed by atoms with Crippen LogP contribution in [0, 0.1) is 0 Å². The standard InChI is InChI=1S/C30H38N4O4.ClH/c1-37-20-30(36)15-7-6-10-26(30)34-21-32-27(28(34)23-8-4-3-5-9-23)29(35)33-17-16-31-19-24(33)18-22-11-13-25(38-2)14-12-22;/h3-5,8-9,11-14,21,24,26,31,36H,6-7,10,15-20H2,1-2H3;1H/t24-,26-,30-;/m1./s1. The van der Waals surface area contributed by atoms with Gasteiger partial charge in [-0.1, -0.05) is 55.3 Å². The largest absolute Gasteiger partial charge is 0.497 e. The highest BCUT2D eigenvalue weighted by atomic mass is 35.5. The van der Waals surface area contributed by atoms with Crippen molar-refractivity contribution in [3.05, 3.63) is 72.2 Å². The lowest BCUT2D eigenvalue weighted by molar-refractivity contribution is -0.0893. The Morgan fingerprint density at radius 1 is 1.13 bits per heavy atom. The van der Waals surface area contributed by atoms with Crippen LogP contribution in [0.25, 0.3) is 11.3 Å². The van der Waals surface area contributed by atoms with Crippen LogP contribution in [-0.2, 0) is 11.2 Å². The SMILES string of the molecule is COC[C@]1(O)CCCC[C@H]1n1cnc(C(=O)N2CCNC[C@H]2Cc2ccc(OC)cc2)c1-c1ccccc1.Cl. The second kappa shape index (κ2) is 13.0. The molecule has 210 valence electrons. The first-order valence-electron chi connectivity index (χ1n) is 13.5. The number of imidazole rings is 1. The summed E-state index contributed by atoms with van der Waals surface area (Å²) in [6.45, 7) is 2.31. The number of piperazine rings is 1. The van der Waals surface area contributed by atoms with E-state index in [2.05, 4.69) is 17.4 Å². The number of benzene rings is 2. The van der Waals surface area contributed by atoms with Gasteiger partial charge in [-0.15, -0.1) is 12.4 Å². The van der Waals surface area contributed by atoms with Gasteiger partial charge >= 0.3 is 0 Å². The number of aromatic nitrogens is 2. The van der Waals surface area contributed by atoms with Gasteiger partial charge in [0.25, 0.3) is 5.91 Å². The first kappa shape index (κ1) is 29.1. The van der Waals surface area contributed by atoms with Crippen LogP contribution in [0.3, 0.4) is 0 Å². The van der Waals surface area contributed by atoms with Crippen LogP contribution >= 0.6 is 12.4 Å². The average Bonchev–Trinajstić information content (AvgIpc) is 3.39. The van der Waals surface area contributed by atoms with E-state index in [1.165, 1.54) is 0 Å². The number of nitrogens with zero attached hydrogens (tertiary/aromatic N) is 3. The topological polar surface area (TPSA) is 88.8 Å². The number of halogens is 1. The summed E-state index contributed by atoms with van der Waals surface area (Å²) in [6, 6.07) is 17.7. The highest BCUT2D eigenvalue weighted by Crippen LogP contribution is 2.41. The lowest BCUT2D eigenvalue weighted by Crippen LogP contribution is -2.54. The van der Waals surface area contributed by atoms with Gasteiger partial charge in [-0.2, -0.15) is 0 Å². The minimum absolute atomic E-state index is 0. The minimum Gasteiger partial charge on any atom is -0.497 e. The van der Waals surface area contributed by atoms with Crippen molar-refractivity contribution in [1.82, 2.24) is 19.8 Å². The molecule has 8 nitrogen and oxygen atoms in total. The van der Waals surface area contributed by atoms with E-state index in [1.807, 2.05) is 51.9 Å². The van der Waals surface area contributed by atoms with Gasteiger partial charge in [0.1, 0.15) is 11.4 Å². The Balaban J connectivity index is 0.00000353. The van der Waals surface area contributed by atoms with Crippen LogP contribution in [0.15, 0.2) is 60.9 Å². The van der Waals surface area contributed by atoms with Gasteiger partial charge < -0.3 is 29.4 Å². The van der Waals surface area contributed by atoms with Crippen LogP contribution in [0.4, 0.5) is 0 Å². The van der Waals surface area contributed by atoms with Gasteiger partial charge in [-0.25, -0.2) is 4.98 Å². The second-order valence-corrected chi connectivity index (χ2v) is 10.4. The van der Waals surface area contributed by atoms with Crippen molar-refractivity contribution >= 4 is 18.3 Å². The monoisotopic (exact) mass is 554 g/mol. The number of carbonyl (C=O) groups is 1. The Hall–Kier alpha value is -2.91. The van der Waals surface area contributed by atoms with Gasteiger partial charge in [-0.3, -0.25) is 4.79 Å². The maximum Gasteiger partial charge on any atom is 0.275 e. The first-order valence-corrected chi connectivity index (χ1v) is 13.5. The molecule has 2 heterocycles. The molecule has 0 spiro atoms. The summed E-state index contributed by atoms with van der Waals surface area (Å²) >= 11 is 0. The Kier molecular flexibility index (Phi) is 9.67. The van der Waals surface area contributed by atoms with Gasteiger partial charge in [0.15, 0.2) is 5.69 Å². The number of carbonyl (C=O) groups excluding carboxylic acids is 1. The summed E-state index contributed by atoms with van der Waals surface area (Å²) in [6.07, 6.45) is 5.90. The van der Waals surface area contributed by atoms with Crippen molar-refractivity contribution in [2.24, 2.45) is 0 Å². The lowest BCUT2D eigenvalue weighted by atomic mass is 9.80. The number of ether oxygens (including phenoxy) is 2. The van der Waals surface area contributed by atoms with Crippen molar-refractivity contribution in [3.63, 3.8) is 0 Å². The van der Waals surface area contributed by atoms with E-state index in [1.54, 1.807) is 20.5 Å². The molecule has 0 radical (unpaired) electrons. The third-order valence-electron chi connectivity index (χ3n) is 7.97. The highest BCUT2D eigenvalue weighted by molar-refractivity contribution is 5.98. The Morgan fingerprint density at radius 2 is 1.90 bits per heavy atom. The quantitative estimate of drug-likeness (QED) is 0.435. The molecule has 3 atom stereocenters. The lowest BCUT2D eigenvalue weighted by Gasteiger charge is -2.41. The second-order valence-electron chi connectivity index (χ2n) is 10.4. The van der Waals surface area contributed by atoms with Crippen molar-refractivity contribution in [2.75, 3.05) is 40.5 Å². The average molecular weight is 555 g/mol. The van der Waals surface area contributed by atoms with E-state index >= 15 is 0 Å². The fourth-order valence-electron chi connectivity index (χ4n) is 6.04. The Labute approximate surface area is 236 Å². The minimum atomic E-state index is -1.01. The number of nitrogens with one attached hydrogen (secondary N) is 1. The molecule has 0 unspecified atom stereocenters. The number of hydrogen-bond acceptors (Lipinski definition) is 6. The summed E-state index contributed by atoms with van der Waals surface area (Å²) in [4.78, 5) is 20.9. The zero-order valence-electron chi connectivity index (χ0n) is 22.7. The fraction of sp³-hybridized carbons (Fsp3) is 0.467. The van der Waals surface area contributed by atoms with Crippen molar-refractivity contribution in [3.8, 4) is 17.0 Å². The first-order chi connectivity index (χ1) is 18.5. The van der Waals surface area contributed by atoms with Gasteiger partial charge in [0.2, 0.25) is 0 Å². The number of amides is 1. The van der Waals surface area contributed by atoms with E-state index in [-0.39, 0.29) is 37.0 Å². The molecule has 0 bridgehead atoms. The van der Waals surface area contributed by atoms with Crippen LogP contribution in [0.1, 0.15) is 47.8 Å². The highest BCUT2D eigenvalue weighted by Gasteiger charge is 2.42. The van der Waals surface area contributed by atoms with E-state index in [4.69, 9.17) is 14.5 Å². The predicted octanol–water partition coefficient (Wildman–Crippen LogP) is 4.13. The Morgan fingerprint density at radius 3 is 2.62 bits per heavy atom. The number of methoxy groups -OCH3 is 2. The van der Waals surface area contributed by atoms with Crippen LogP contribution < -0.4 is 10.1 Å². The normalized spacial score (nSPS) is 23.2. The molecule has 1 amide bonds. The summed E-state index contributed by atoms with van der Waals surface area (Å²) in [5, 5.41) is 15.1. The smallest absolute Gasteiger partial charge is 0.275 e. The van der Waals surface area contributed by atoms with E-state index in [0.717, 1.165) is 61.3 Å². The molecule has 1 aliphatic carbocycles. The summed E-state index contributed by atoms with van der Waals surface area (Å²) in [5.74, 6) is 0.742. The fourth-order valence-corrected chi connectivity index (χ4v) is 6.04. The molecule has 2 aromatic carbocycles. The maximum absolute atomic E-state index is 14.2. The molecule has 1 saturated heterocycles. The molecule has 2 N–H and O–H groups in total. The van der Waals surface area contributed by atoms with Crippen LogP contribution in [0.5, 0.6) is 5.75 Å². The molecular formula is C30H39ClN4O4. The van der Waals surface area contributed by atoms with Crippen molar-refractivity contribution < 1.29 is 19.4 Å². The third-order valence-corrected chi connectivity index (χ3v) is 7.97. The predicted molar refractivity (Wildman–Crippen MR) is 154 cm³/mol. The Bertz CT molecular complexity index is 1220. The number of hydrogen-bond donors (Lipinski definition) is 2. The van der Waals surface area contributed by atoms with Crippen molar-refractivity contribution in [1.29, 1.82) is 0 Å². The number of aliphatic hydroxyl groups is 1. The molecular weight excluding hydrogens is 516 g/mol. The number of rotatable bonds is 8. The maximum atomic E-state index is 14.2. The third kappa shape index (κ3) is 6.14. The van der Waals surface area contributed by atoms with Crippen molar-refractivity contribution in [2.45, 2.75) is 49.8 Å². The van der Waals surface area contributed by atoms with E-state index < -0.39 is 5.60 Å². The van der Waals surface area contributed by atoms with Gasteiger partial charge in [0, 0.05) is 38.3 Å². The molecule has 5 rings (SSSR count). The van der Waals surface area contributed by atoms with Crippen LogP contribution in [0.2, 0.25) is 0 Å². The van der Waals surface area contributed by atoms with Crippen LogP contribution in [-0.4, -0.2) is 77.6 Å². The zero-order chi connectivity index (χ0) is 26.5. The molecule has 2 aliphatic rings. The summed E-state index contributed by atoms with van der Waals surface area (Å²) < 4.78 is 12.8. The molecule has 2 fully saturated rings. The molecule has 9 heteroatoms.